The van der Waals surface area contributed by atoms with Crippen LogP contribution in [-0.4, -0.2) is 16.0 Å². The molecule has 0 atom stereocenters. The van der Waals surface area contributed by atoms with E-state index in [0.29, 0.717) is 5.56 Å². The second-order valence-corrected chi connectivity index (χ2v) is 5.35. The van der Waals surface area contributed by atoms with Gasteiger partial charge >= 0.3 is 0 Å². The maximum absolute atomic E-state index is 13.3. The Morgan fingerprint density at radius 2 is 1.88 bits per heavy atom. The number of carbonyl (C=O) groups is 1. The molecule has 2 N–H and O–H groups in total. The Balaban J connectivity index is 1.74. The Hall–Kier alpha value is -3.48. The van der Waals surface area contributed by atoms with Crippen LogP contribution >= 0.6 is 0 Å². The molecule has 7 heteroatoms. The molecule has 0 radical (unpaired) electrons. The van der Waals surface area contributed by atoms with E-state index < -0.39 is 17.5 Å². The fourth-order valence-electron chi connectivity index (χ4n) is 2.24. The van der Waals surface area contributed by atoms with Crippen LogP contribution in [0, 0.1) is 11.6 Å². The monoisotopic (exact) mass is 356 g/mol. The van der Waals surface area contributed by atoms with Crippen LogP contribution < -0.4 is 10.1 Å². The van der Waals surface area contributed by atoms with Crippen molar-refractivity contribution in [1.29, 1.82) is 0 Å². The number of ether oxygens (including phenoxy) is 1. The van der Waals surface area contributed by atoms with Crippen molar-refractivity contribution in [2.45, 2.75) is 6.54 Å². The molecule has 2 aromatic carbocycles. The minimum absolute atomic E-state index is 0.0695. The molecule has 5 nitrogen and oxygen atoms in total. The number of rotatable bonds is 5. The third-order valence-electron chi connectivity index (χ3n) is 3.54. The number of halogens is 2. The van der Waals surface area contributed by atoms with Crippen molar-refractivity contribution in [2.75, 3.05) is 0 Å². The summed E-state index contributed by atoms with van der Waals surface area (Å²) < 4.78 is 31.8. The van der Waals surface area contributed by atoms with Crippen LogP contribution in [-0.2, 0) is 6.54 Å². The molecule has 1 amide bonds. The van der Waals surface area contributed by atoms with Gasteiger partial charge in [0.25, 0.3) is 5.91 Å². The van der Waals surface area contributed by atoms with E-state index in [0.717, 1.165) is 12.1 Å². The quantitative estimate of drug-likeness (QED) is 0.730. The zero-order chi connectivity index (χ0) is 18.5. The summed E-state index contributed by atoms with van der Waals surface area (Å²) in [6.45, 7) is 0.0695. The lowest BCUT2D eigenvalue weighted by atomic mass is 10.2. The van der Waals surface area contributed by atoms with Gasteiger partial charge in [0.05, 0.1) is 5.56 Å². The first-order chi connectivity index (χ1) is 12.5. The number of aromatic nitrogens is 1. The number of hydrogen-bond donors (Lipinski definition) is 2. The molecule has 0 saturated carbocycles. The van der Waals surface area contributed by atoms with Gasteiger partial charge in [-0.25, -0.2) is 13.8 Å². The van der Waals surface area contributed by atoms with E-state index in [4.69, 9.17) is 4.74 Å². The molecule has 0 fully saturated rings. The zero-order valence-electron chi connectivity index (χ0n) is 13.4. The van der Waals surface area contributed by atoms with Gasteiger partial charge in [-0.15, -0.1) is 0 Å². The summed E-state index contributed by atoms with van der Waals surface area (Å²) in [5, 5.41) is 12.4. The summed E-state index contributed by atoms with van der Waals surface area (Å²) in [5.41, 5.74) is 0.667. The average molecular weight is 356 g/mol. The molecule has 3 aromatic rings. The number of phenols is 1. The summed E-state index contributed by atoms with van der Waals surface area (Å²) in [6.07, 6.45) is 1.48. The van der Waals surface area contributed by atoms with Crippen LogP contribution in [0.2, 0.25) is 0 Å². The molecule has 0 bridgehead atoms. The number of pyridine rings is 1. The van der Waals surface area contributed by atoms with E-state index >= 15 is 0 Å². The van der Waals surface area contributed by atoms with Gasteiger partial charge in [0.2, 0.25) is 5.88 Å². The molecule has 3 rings (SSSR count). The SMILES string of the molecule is O=C(NCc1cccnc1Oc1ccc(F)c(F)c1)c1ccccc1O. The van der Waals surface area contributed by atoms with Gasteiger partial charge in [0.15, 0.2) is 11.6 Å². The molecule has 26 heavy (non-hydrogen) atoms. The molecular weight excluding hydrogens is 342 g/mol. The summed E-state index contributed by atoms with van der Waals surface area (Å²) >= 11 is 0. The molecule has 0 aliphatic carbocycles. The van der Waals surface area contributed by atoms with Gasteiger partial charge in [-0.05, 0) is 30.3 Å². The van der Waals surface area contributed by atoms with Crippen molar-refractivity contribution < 1.29 is 23.4 Å². The number of carbonyl (C=O) groups excluding carboxylic acids is 1. The van der Waals surface area contributed by atoms with Crippen molar-refractivity contribution >= 4 is 5.91 Å². The predicted octanol–water partition coefficient (Wildman–Crippen LogP) is 3.79. The Labute approximate surface area is 147 Å². The largest absolute Gasteiger partial charge is 0.507 e. The van der Waals surface area contributed by atoms with Gasteiger partial charge in [0.1, 0.15) is 11.5 Å². The van der Waals surface area contributed by atoms with E-state index in [1.807, 2.05) is 0 Å². The number of amides is 1. The highest BCUT2D eigenvalue weighted by Crippen LogP contribution is 2.24. The van der Waals surface area contributed by atoms with Gasteiger partial charge < -0.3 is 15.2 Å². The number of aromatic hydroxyl groups is 1. The number of nitrogens with one attached hydrogen (secondary N) is 1. The highest BCUT2D eigenvalue weighted by Gasteiger charge is 2.13. The van der Waals surface area contributed by atoms with E-state index in [1.54, 1.807) is 24.3 Å². The summed E-state index contributed by atoms with van der Waals surface area (Å²) in [5.74, 6) is -2.38. The highest BCUT2D eigenvalue weighted by atomic mass is 19.2. The second-order valence-electron chi connectivity index (χ2n) is 5.35. The standard InChI is InChI=1S/C19H14F2N2O3/c20-15-8-7-13(10-16(15)21)26-19-12(4-3-9-22-19)11-23-18(25)14-5-1-2-6-17(14)24/h1-10,24H,11H2,(H,23,25). The summed E-state index contributed by atoms with van der Waals surface area (Å²) in [7, 11) is 0. The number of phenolic OH excluding ortho intramolecular Hbond substituents is 1. The van der Waals surface area contributed by atoms with Crippen molar-refractivity contribution in [3.05, 3.63) is 83.6 Å². The first-order valence-corrected chi connectivity index (χ1v) is 7.67. The molecule has 0 saturated heterocycles. The van der Waals surface area contributed by atoms with Gasteiger partial charge in [-0.3, -0.25) is 4.79 Å². The van der Waals surface area contributed by atoms with E-state index in [2.05, 4.69) is 10.3 Å². The molecule has 0 unspecified atom stereocenters. The van der Waals surface area contributed by atoms with Gasteiger partial charge in [-0.1, -0.05) is 18.2 Å². The molecular formula is C19H14F2N2O3. The lowest BCUT2D eigenvalue weighted by Gasteiger charge is -2.11. The van der Waals surface area contributed by atoms with Gasteiger partial charge in [-0.2, -0.15) is 0 Å². The smallest absolute Gasteiger partial charge is 0.255 e. The van der Waals surface area contributed by atoms with Crippen LogP contribution in [0.5, 0.6) is 17.4 Å². The number of nitrogens with zero attached hydrogens (tertiary/aromatic N) is 1. The number of hydrogen-bond acceptors (Lipinski definition) is 4. The predicted molar refractivity (Wildman–Crippen MR) is 89.9 cm³/mol. The Morgan fingerprint density at radius 3 is 2.65 bits per heavy atom. The normalized spacial score (nSPS) is 10.4. The average Bonchev–Trinajstić information content (AvgIpc) is 2.64. The fourth-order valence-corrected chi connectivity index (χ4v) is 2.24. The second kappa shape index (κ2) is 7.60. The molecule has 0 aliphatic heterocycles. The van der Waals surface area contributed by atoms with Crippen molar-refractivity contribution in [3.8, 4) is 17.4 Å². The molecule has 1 heterocycles. The first kappa shape index (κ1) is 17.3. The minimum atomic E-state index is -1.03. The first-order valence-electron chi connectivity index (χ1n) is 7.67. The van der Waals surface area contributed by atoms with E-state index in [9.17, 15) is 18.7 Å². The Kier molecular flexibility index (Phi) is 5.07. The lowest BCUT2D eigenvalue weighted by molar-refractivity contribution is 0.0948. The van der Waals surface area contributed by atoms with Crippen LogP contribution in [0.3, 0.4) is 0 Å². The fraction of sp³-hybridized carbons (Fsp3) is 0.0526. The van der Waals surface area contributed by atoms with Crippen molar-refractivity contribution in [1.82, 2.24) is 10.3 Å². The highest BCUT2D eigenvalue weighted by molar-refractivity contribution is 5.96. The van der Waals surface area contributed by atoms with Gasteiger partial charge in [0, 0.05) is 24.4 Å². The Bertz CT molecular complexity index is 948. The lowest BCUT2D eigenvalue weighted by Crippen LogP contribution is -2.23. The summed E-state index contributed by atoms with van der Waals surface area (Å²) in [6, 6.07) is 12.6. The van der Waals surface area contributed by atoms with Crippen LogP contribution in [0.15, 0.2) is 60.8 Å². The van der Waals surface area contributed by atoms with Crippen molar-refractivity contribution in [2.24, 2.45) is 0 Å². The van der Waals surface area contributed by atoms with Crippen LogP contribution in [0.25, 0.3) is 0 Å². The minimum Gasteiger partial charge on any atom is -0.507 e. The molecule has 1 aromatic heterocycles. The topological polar surface area (TPSA) is 71.5 Å². The van der Waals surface area contributed by atoms with E-state index in [1.165, 1.54) is 24.4 Å². The number of benzene rings is 2. The molecule has 0 spiro atoms. The van der Waals surface area contributed by atoms with Crippen molar-refractivity contribution in [3.63, 3.8) is 0 Å². The third-order valence-corrected chi connectivity index (χ3v) is 3.54. The number of para-hydroxylation sites is 1. The Morgan fingerprint density at radius 1 is 1.08 bits per heavy atom. The summed E-state index contributed by atoms with van der Waals surface area (Å²) in [4.78, 5) is 16.2. The molecule has 132 valence electrons. The van der Waals surface area contributed by atoms with E-state index in [-0.39, 0.29) is 29.5 Å². The maximum Gasteiger partial charge on any atom is 0.255 e. The maximum atomic E-state index is 13.3. The third kappa shape index (κ3) is 3.94. The van der Waals surface area contributed by atoms with Crippen LogP contribution in [0.1, 0.15) is 15.9 Å². The zero-order valence-corrected chi connectivity index (χ0v) is 13.4. The van der Waals surface area contributed by atoms with Crippen LogP contribution in [0.4, 0.5) is 8.78 Å². The molecule has 0 aliphatic rings.